The lowest BCUT2D eigenvalue weighted by Gasteiger charge is -2.04. The van der Waals surface area contributed by atoms with Crippen LogP contribution in [-0.2, 0) is 0 Å². The molecule has 0 amide bonds. The number of nitrogens with zero attached hydrogens (tertiary/aromatic N) is 4. The maximum Gasteiger partial charge on any atom is 0.486 e. The van der Waals surface area contributed by atoms with E-state index in [2.05, 4.69) is 26.3 Å². The Morgan fingerprint density at radius 2 is 1.52 bits per heavy atom. The van der Waals surface area contributed by atoms with Crippen LogP contribution in [0.4, 0.5) is 17.1 Å². The quantitative estimate of drug-likeness (QED) is 0.347. The first-order chi connectivity index (χ1) is 12.2. The van der Waals surface area contributed by atoms with Gasteiger partial charge in [-0.1, -0.05) is 38.1 Å². The van der Waals surface area contributed by atoms with Gasteiger partial charge < -0.3 is 5.73 Å². The summed E-state index contributed by atoms with van der Waals surface area (Å²) in [6, 6.07) is 19.3. The summed E-state index contributed by atoms with van der Waals surface area (Å²) in [7, 11) is 1.33. The Balaban J connectivity index is 0.00000109. The molecule has 6 heteroatoms. The molecule has 3 aromatic rings. The number of rotatable bonds is 4. The number of aryl methyl sites for hydroxylation is 1. The van der Waals surface area contributed by atoms with Gasteiger partial charge in [-0.25, -0.2) is 10.1 Å². The normalized spacial score (nSPS) is 10.8. The Bertz CT molecular complexity index is 876. The minimum Gasteiger partial charge on any atom is -0.399 e. The lowest BCUT2D eigenvalue weighted by molar-refractivity contribution is 1.24. The largest absolute Gasteiger partial charge is 0.486 e. The summed E-state index contributed by atoms with van der Waals surface area (Å²) in [5, 5.41) is 18.2. The lowest BCUT2D eigenvalue weighted by atomic mass is 10.1. The Labute approximate surface area is 149 Å². The summed E-state index contributed by atoms with van der Waals surface area (Å²) >= 11 is 0. The molecule has 0 fully saturated rings. The second-order valence-electron chi connectivity index (χ2n) is 5.13. The summed E-state index contributed by atoms with van der Waals surface area (Å²) < 4.78 is 0. The van der Waals surface area contributed by atoms with Gasteiger partial charge in [0.2, 0.25) is 0 Å². The van der Waals surface area contributed by atoms with Crippen LogP contribution in [0, 0.1) is 6.92 Å². The average molecular weight is 330 g/mol. The smallest absolute Gasteiger partial charge is 0.399 e. The molecule has 0 saturated carbocycles. The number of benzene rings is 3. The van der Waals surface area contributed by atoms with E-state index in [1.165, 1.54) is 7.55 Å². The molecule has 2 N–H and O–H groups in total. The summed E-state index contributed by atoms with van der Waals surface area (Å²) in [5.41, 5.74) is 9.15. The predicted octanol–water partition coefficient (Wildman–Crippen LogP) is 6.16. The highest BCUT2D eigenvalue weighted by Crippen LogP contribution is 2.27. The van der Waals surface area contributed by atoms with Gasteiger partial charge in [0.05, 0.1) is 11.4 Å². The van der Waals surface area contributed by atoms with Crippen LogP contribution < -0.4 is 5.73 Å². The molecule has 25 heavy (non-hydrogen) atoms. The van der Waals surface area contributed by atoms with Crippen LogP contribution in [0.2, 0.25) is 0 Å². The Hall–Kier alpha value is -3.02. The van der Waals surface area contributed by atoms with E-state index in [1.54, 1.807) is 0 Å². The zero-order valence-electron chi connectivity index (χ0n) is 14.7. The molecule has 0 spiro atoms. The zero-order chi connectivity index (χ0) is 18.1. The van der Waals surface area contributed by atoms with E-state index >= 15 is 0 Å². The highest BCUT2D eigenvalue weighted by molar-refractivity contribution is 6.29. The number of hydrogen-bond acceptors (Lipinski definition) is 5. The van der Waals surface area contributed by atoms with Gasteiger partial charge in [0.1, 0.15) is 0 Å². The van der Waals surface area contributed by atoms with Crippen molar-refractivity contribution in [3.63, 3.8) is 0 Å². The molecule has 3 aromatic carbocycles. The summed E-state index contributed by atoms with van der Waals surface area (Å²) in [4.78, 5) is 0. The van der Waals surface area contributed by atoms with Crippen molar-refractivity contribution in [2.24, 2.45) is 20.3 Å². The molecule has 1 radical (unpaired) electrons. The maximum atomic E-state index is 5.82. The Morgan fingerprint density at radius 3 is 2.28 bits per heavy atom. The number of fused-ring (bicyclic) bond motifs is 1. The van der Waals surface area contributed by atoms with Crippen molar-refractivity contribution in [2.75, 3.05) is 5.73 Å². The van der Waals surface area contributed by atoms with Crippen molar-refractivity contribution in [3.8, 4) is 0 Å². The minimum absolute atomic E-state index is 0.729. The summed E-state index contributed by atoms with van der Waals surface area (Å²) in [6.45, 7) is 6.00. The SMILES string of the molecule is CC.Cc1cc2ccc(N)cc2cc1N=N[B]N=Nc1ccccc1. The third-order valence-electron chi connectivity index (χ3n) is 3.38. The van der Waals surface area contributed by atoms with E-state index < -0.39 is 0 Å². The van der Waals surface area contributed by atoms with Crippen molar-refractivity contribution < 1.29 is 0 Å². The van der Waals surface area contributed by atoms with E-state index in [1.807, 2.05) is 75.4 Å². The van der Waals surface area contributed by atoms with Crippen LogP contribution in [0.3, 0.4) is 0 Å². The van der Waals surface area contributed by atoms with Crippen LogP contribution in [-0.4, -0.2) is 7.55 Å². The van der Waals surface area contributed by atoms with Crippen LogP contribution >= 0.6 is 0 Å². The Kier molecular flexibility index (Phi) is 6.83. The first-order valence-corrected chi connectivity index (χ1v) is 8.21. The molecule has 0 aliphatic heterocycles. The molecule has 5 nitrogen and oxygen atoms in total. The topological polar surface area (TPSA) is 75.5 Å². The monoisotopic (exact) mass is 330 g/mol. The third kappa shape index (κ3) is 5.24. The molecule has 3 rings (SSSR count). The molecular formula is C19H21BN5. The molecular weight excluding hydrogens is 309 g/mol. The van der Waals surface area contributed by atoms with Gasteiger partial charge >= 0.3 is 7.55 Å². The first-order valence-electron chi connectivity index (χ1n) is 8.21. The Morgan fingerprint density at radius 1 is 0.800 bits per heavy atom. The van der Waals surface area contributed by atoms with Gasteiger partial charge in [-0.05, 0) is 59.7 Å². The van der Waals surface area contributed by atoms with Crippen molar-refractivity contribution >= 4 is 35.4 Å². The minimum atomic E-state index is 0.729. The van der Waals surface area contributed by atoms with E-state index in [-0.39, 0.29) is 0 Å². The summed E-state index contributed by atoms with van der Waals surface area (Å²) in [6.07, 6.45) is 0. The van der Waals surface area contributed by atoms with Crippen molar-refractivity contribution in [1.29, 1.82) is 0 Å². The number of anilines is 1. The standard InChI is InChI=1S/C17H15BN5.C2H6/c1-12-9-13-7-8-15(19)10-14(13)11-17(12)21-23-18-22-20-16-5-3-2-4-6-16;1-2/h2-11H,19H2,1H3;1-2H3. The van der Waals surface area contributed by atoms with E-state index in [0.29, 0.717) is 0 Å². The second-order valence-corrected chi connectivity index (χ2v) is 5.13. The van der Waals surface area contributed by atoms with Gasteiger partial charge in [-0.3, -0.25) is 0 Å². The number of hydrogen-bond donors (Lipinski definition) is 1. The van der Waals surface area contributed by atoms with E-state index in [9.17, 15) is 0 Å². The second kappa shape index (κ2) is 9.32. The van der Waals surface area contributed by atoms with Gasteiger partial charge in [0.15, 0.2) is 0 Å². The van der Waals surface area contributed by atoms with Crippen molar-refractivity contribution in [3.05, 3.63) is 66.2 Å². The molecule has 0 aromatic heterocycles. The molecule has 0 bridgehead atoms. The van der Waals surface area contributed by atoms with Crippen LogP contribution in [0.25, 0.3) is 10.8 Å². The van der Waals surface area contributed by atoms with E-state index in [0.717, 1.165) is 33.4 Å². The highest BCUT2D eigenvalue weighted by Gasteiger charge is 2.01. The fourth-order valence-corrected chi connectivity index (χ4v) is 2.22. The maximum absolute atomic E-state index is 5.82. The van der Waals surface area contributed by atoms with E-state index in [4.69, 9.17) is 5.73 Å². The van der Waals surface area contributed by atoms with Crippen LogP contribution in [0.1, 0.15) is 19.4 Å². The lowest BCUT2D eigenvalue weighted by Crippen LogP contribution is -1.85. The average Bonchev–Trinajstić information content (AvgIpc) is 2.64. The van der Waals surface area contributed by atoms with Gasteiger partial charge in [-0.2, -0.15) is 10.2 Å². The predicted molar refractivity (Wildman–Crippen MR) is 106 cm³/mol. The van der Waals surface area contributed by atoms with Gasteiger partial charge in [-0.15, -0.1) is 0 Å². The van der Waals surface area contributed by atoms with Crippen molar-refractivity contribution in [1.82, 2.24) is 0 Å². The molecule has 0 aliphatic carbocycles. The zero-order valence-corrected chi connectivity index (χ0v) is 14.7. The third-order valence-corrected chi connectivity index (χ3v) is 3.38. The number of nitrogens with two attached hydrogens (primary N) is 1. The molecule has 0 heterocycles. The highest BCUT2D eigenvalue weighted by atomic mass is 15.1. The molecule has 0 unspecified atom stereocenters. The fourth-order valence-electron chi connectivity index (χ4n) is 2.22. The van der Waals surface area contributed by atoms with Crippen LogP contribution in [0.15, 0.2) is 80.9 Å². The molecule has 0 saturated heterocycles. The molecule has 0 atom stereocenters. The molecule has 0 aliphatic rings. The van der Waals surface area contributed by atoms with Crippen molar-refractivity contribution in [2.45, 2.75) is 20.8 Å². The molecule has 125 valence electrons. The van der Waals surface area contributed by atoms with Gasteiger partial charge in [0, 0.05) is 5.69 Å². The van der Waals surface area contributed by atoms with Gasteiger partial charge in [0.25, 0.3) is 0 Å². The number of nitrogen functional groups attached to an aromatic ring is 1. The first kappa shape index (κ1) is 18.3. The fraction of sp³-hybridized carbons (Fsp3) is 0.158. The summed E-state index contributed by atoms with van der Waals surface area (Å²) in [5.74, 6) is 0. The van der Waals surface area contributed by atoms with Crippen LogP contribution in [0.5, 0.6) is 0 Å².